The SMILES string of the molecule is [Cl-].[NH3+]C1CCN(C2CCC(O)(c3ccccc3)CC2)C1. The van der Waals surface area contributed by atoms with Crippen LogP contribution < -0.4 is 18.1 Å². The fraction of sp³-hybridized carbons (Fsp3) is 0.625. The fourth-order valence-corrected chi connectivity index (χ4v) is 3.68. The Labute approximate surface area is 127 Å². The van der Waals surface area contributed by atoms with E-state index in [1.807, 2.05) is 18.2 Å². The van der Waals surface area contributed by atoms with Crippen molar-refractivity contribution in [1.82, 2.24) is 4.90 Å². The van der Waals surface area contributed by atoms with E-state index in [9.17, 15) is 5.11 Å². The number of hydrogen-bond donors (Lipinski definition) is 2. The molecule has 2 fully saturated rings. The van der Waals surface area contributed by atoms with Crippen LogP contribution >= 0.6 is 0 Å². The smallest absolute Gasteiger partial charge is 0.0984 e. The van der Waals surface area contributed by atoms with Gasteiger partial charge in [0.1, 0.15) is 0 Å². The van der Waals surface area contributed by atoms with Gasteiger partial charge in [0.15, 0.2) is 0 Å². The van der Waals surface area contributed by atoms with Gasteiger partial charge in [-0.1, -0.05) is 30.3 Å². The first-order valence-electron chi connectivity index (χ1n) is 7.52. The second-order valence-electron chi connectivity index (χ2n) is 6.28. The Morgan fingerprint density at radius 2 is 1.75 bits per heavy atom. The third-order valence-corrected chi connectivity index (χ3v) is 4.93. The van der Waals surface area contributed by atoms with Crippen molar-refractivity contribution in [3.05, 3.63) is 35.9 Å². The molecule has 0 aromatic heterocycles. The maximum atomic E-state index is 10.8. The molecule has 3 nitrogen and oxygen atoms in total. The van der Waals surface area contributed by atoms with E-state index < -0.39 is 5.60 Å². The summed E-state index contributed by atoms with van der Waals surface area (Å²) in [6, 6.07) is 11.4. The summed E-state index contributed by atoms with van der Waals surface area (Å²) in [6.07, 6.45) is 5.23. The van der Waals surface area contributed by atoms with Crippen molar-refractivity contribution in [1.29, 1.82) is 0 Å². The van der Waals surface area contributed by atoms with Gasteiger partial charge in [0, 0.05) is 19.0 Å². The van der Waals surface area contributed by atoms with E-state index >= 15 is 0 Å². The van der Waals surface area contributed by atoms with E-state index in [1.54, 1.807) is 0 Å². The molecular formula is C16H25ClN2O. The van der Waals surface area contributed by atoms with Crippen LogP contribution in [0.3, 0.4) is 0 Å². The van der Waals surface area contributed by atoms with Gasteiger partial charge in [-0.3, -0.25) is 4.90 Å². The number of hydrogen-bond acceptors (Lipinski definition) is 2. The van der Waals surface area contributed by atoms with E-state index in [4.69, 9.17) is 0 Å². The average molecular weight is 297 g/mol. The van der Waals surface area contributed by atoms with Crippen molar-refractivity contribution < 1.29 is 23.2 Å². The second kappa shape index (κ2) is 6.44. The Bertz CT molecular complexity index is 418. The third kappa shape index (κ3) is 3.17. The fourth-order valence-electron chi connectivity index (χ4n) is 3.68. The molecule has 0 spiro atoms. The van der Waals surface area contributed by atoms with Crippen LogP contribution in [0.25, 0.3) is 0 Å². The number of aliphatic hydroxyl groups is 1. The van der Waals surface area contributed by atoms with Crippen LogP contribution in [0.15, 0.2) is 30.3 Å². The van der Waals surface area contributed by atoms with Crippen LogP contribution in [0.4, 0.5) is 0 Å². The van der Waals surface area contributed by atoms with Crippen LogP contribution in [0, 0.1) is 0 Å². The molecule has 112 valence electrons. The van der Waals surface area contributed by atoms with Crippen molar-refractivity contribution >= 4 is 0 Å². The quantitative estimate of drug-likeness (QED) is 0.672. The Morgan fingerprint density at radius 1 is 1.10 bits per heavy atom. The molecule has 1 saturated carbocycles. The monoisotopic (exact) mass is 296 g/mol. The van der Waals surface area contributed by atoms with Crippen molar-refractivity contribution in [2.45, 2.75) is 49.8 Å². The lowest BCUT2D eigenvalue weighted by Gasteiger charge is -2.39. The summed E-state index contributed by atoms with van der Waals surface area (Å²) in [5, 5.41) is 10.8. The summed E-state index contributed by atoms with van der Waals surface area (Å²) in [5.74, 6) is 0. The van der Waals surface area contributed by atoms with Gasteiger partial charge in [0.25, 0.3) is 0 Å². The average Bonchev–Trinajstić information content (AvgIpc) is 2.87. The number of rotatable bonds is 2. The van der Waals surface area contributed by atoms with Crippen LogP contribution in [0.1, 0.15) is 37.7 Å². The van der Waals surface area contributed by atoms with Crippen LogP contribution in [0.2, 0.25) is 0 Å². The Kier molecular flexibility index (Phi) is 5.08. The standard InChI is InChI=1S/C16H24N2O.ClH/c17-14-8-11-18(12-14)15-6-9-16(19,10-7-15)13-4-2-1-3-5-13;/h1-5,14-15,19H,6-12,17H2;1H. The highest BCUT2D eigenvalue weighted by Crippen LogP contribution is 2.38. The van der Waals surface area contributed by atoms with Gasteiger partial charge in [-0.2, -0.15) is 0 Å². The van der Waals surface area contributed by atoms with Gasteiger partial charge >= 0.3 is 0 Å². The number of halogens is 1. The summed E-state index contributed by atoms with van der Waals surface area (Å²) in [7, 11) is 0. The lowest BCUT2D eigenvalue weighted by molar-refractivity contribution is -0.414. The van der Waals surface area contributed by atoms with Gasteiger partial charge < -0.3 is 23.2 Å². The number of nitrogens with zero attached hydrogens (tertiary/aromatic N) is 1. The van der Waals surface area contributed by atoms with E-state index in [-0.39, 0.29) is 12.4 Å². The highest BCUT2D eigenvalue weighted by molar-refractivity contribution is 5.23. The molecule has 1 aliphatic carbocycles. The predicted octanol–water partition coefficient (Wildman–Crippen LogP) is -1.86. The molecular weight excluding hydrogens is 272 g/mol. The van der Waals surface area contributed by atoms with E-state index in [2.05, 4.69) is 22.8 Å². The molecule has 0 radical (unpaired) electrons. The summed E-state index contributed by atoms with van der Waals surface area (Å²) in [4.78, 5) is 2.59. The van der Waals surface area contributed by atoms with Gasteiger partial charge in [-0.05, 0) is 31.2 Å². The lowest BCUT2D eigenvalue weighted by atomic mass is 9.77. The molecule has 20 heavy (non-hydrogen) atoms. The Balaban J connectivity index is 0.00000147. The van der Waals surface area contributed by atoms with Crippen molar-refractivity contribution in [3.8, 4) is 0 Å². The van der Waals surface area contributed by atoms with E-state index in [1.165, 1.54) is 13.0 Å². The molecule has 4 N–H and O–H groups in total. The van der Waals surface area contributed by atoms with Crippen LogP contribution in [-0.2, 0) is 5.60 Å². The molecule has 1 aliphatic heterocycles. The second-order valence-corrected chi connectivity index (χ2v) is 6.28. The topological polar surface area (TPSA) is 51.1 Å². The molecule has 4 heteroatoms. The first-order valence-corrected chi connectivity index (χ1v) is 7.52. The molecule has 0 amide bonds. The summed E-state index contributed by atoms with van der Waals surface area (Å²) >= 11 is 0. The molecule has 3 rings (SSSR count). The zero-order chi connectivity index (χ0) is 13.3. The molecule has 2 aliphatic rings. The molecule has 1 atom stereocenters. The summed E-state index contributed by atoms with van der Waals surface area (Å²) in [6.45, 7) is 2.34. The van der Waals surface area contributed by atoms with Crippen molar-refractivity contribution in [3.63, 3.8) is 0 Å². The normalized spacial score (nSPS) is 34.7. The zero-order valence-electron chi connectivity index (χ0n) is 12.0. The van der Waals surface area contributed by atoms with Gasteiger partial charge in [0.2, 0.25) is 0 Å². The molecule has 1 aromatic rings. The van der Waals surface area contributed by atoms with Crippen LogP contribution in [-0.4, -0.2) is 35.2 Å². The highest BCUT2D eigenvalue weighted by Gasteiger charge is 2.38. The minimum Gasteiger partial charge on any atom is -1.00 e. The zero-order valence-corrected chi connectivity index (χ0v) is 12.7. The highest BCUT2D eigenvalue weighted by atomic mass is 35.5. The Hall–Kier alpha value is -0.610. The number of benzene rings is 1. The largest absolute Gasteiger partial charge is 1.00 e. The maximum absolute atomic E-state index is 10.8. The number of quaternary nitrogens is 1. The first kappa shape index (κ1) is 15.8. The van der Waals surface area contributed by atoms with Crippen molar-refractivity contribution in [2.75, 3.05) is 13.1 Å². The predicted molar refractivity (Wildman–Crippen MR) is 75.5 cm³/mol. The molecule has 1 aromatic carbocycles. The van der Waals surface area contributed by atoms with Gasteiger partial charge in [-0.25, -0.2) is 0 Å². The maximum Gasteiger partial charge on any atom is 0.0984 e. The minimum absolute atomic E-state index is 0. The van der Waals surface area contributed by atoms with E-state index in [0.29, 0.717) is 12.1 Å². The number of likely N-dealkylation sites (tertiary alicyclic amines) is 1. The van der Waals surface area contributed by atoms with Gasteiger partial charge in [0.05, 0.1) is 18.2 Å². The third-order valence-electron chi connectivity index (χ3n) is 4.93. The lowest BCUT2D eigenvalue weighted by Crippen LogP contribution is -3.00. The Morgan fingerprint density at radius 3 is 2.30 bits per heavy atom. The molecule has 1 heterocycles. The molecule has 1 saturated heterocycles. The van der Waals surface area contributed by atoms with Crippen molar-refractivity contribution in [2.24, 2.45) is 0 Å². The first-order chi connectivity index (χ1) is 9.17. The molecule has 1 unspecified atom stereocenters. The van der Waals surface area contributed by atoms with Crippen LogP contribution in [0.5, 0.6) is 0 Å². The summed E-state index contributed by atoms with van der Waals surface area (Å²) in [5.41, 5.74) is 4.66. The summed E-state index contributed by atoms with van der Waals surface area (Å²) < 4.78 is 0. The van der Waals surface area contributed by atoms with Gasteiger partial charge in [-0.15, -0.1) is 0 Å². The minimum atomic E-state index is -0.596. The van der Waals surface area contributed by atoms with E-state index in [0.717, 1.165) is 37.8 Å². The molecule has 0 bridgehead atoms.